The molecule has 142 valence electrons. The molecular formula is C16H12F3N3O5. The van der Waals surface area contributed by atoms with Crippen molar-refractivity contribution in [3.05, 3.63) is 67.8 Å². The van der Waals surface area contributed by atoms with Gasteiger partial charge in [0.05, 0.1) is 28.1 Å². The molecule has 11 heteroatoms. The van der Waals surface area contributed by atoms with Crippen molar-refractivity contribution in [3.63, 3.8) is 0 Å². The van der Waals surface area contributed by atoms with Crippen molar-refractivity contribution in [1.82, 2.24) is 0 Å². The lowest BCUT2D eigenvalue weighted by Crippen LogP contribution is -2.21. The Morgan fingerprint density at radius 2 is 1.67 bits per heavy atom. The molecule has 2 aromatic rings. The monoisotopic (exact) mass is 383 g/mol. The summed E-state index contributed by atoms with van der Waals surface area (Å²) >= 11 is 0. The van der Waals surface area contributed by atoms with Crippen molar-refractivity contribution < 1.29 is 27.8 Å². The number of nitro groups is 2. The van der Waals surface area contributed by atoms with Gasteiger partial charge < -0.3 is 10.1 Å². The summed E-state index contributed by atoms with van der Waals surface area (Å²) in [7, 11) is 0. The highest BCUT2D eigenvalue weighted by molar-refractivity contribution is 5.75. The zero-order chi connectivity index (χ0) is 19.8. The van der Waals surface area contributed by atoms with Crippen LogP contribution < -0.4 is 10.1 Å². The zero-order valence-corrected chi connectivity index (χ0v) is 13.5. The lowest BCUT2D eigenvalue weighted by atomic mass is 9.99. The fourth-order valence-corrected chi connectivity index (χ4v) is 2.88. The number of alkyl halides is 3. The van der Waals surface area contributed by atoms with E-state index in [9.17, 15) is 33.4 Å². The van der Waals surface area contributed by atoms with Crippen LogP contribution in [0.5, 0.6) is 5.75 Å². The van der Waals surface area contributed by atoms with E-state index < -0.39 is 44.7 Å². The van der Waals surface area contributed by atoms with Gasteiger partial charge in [-0.25, -0.2) is 0 Å². The molecule has 1 N–H and O–H groups in total. The molecule has 0 bridgehead atoms. The van der Waals surface area contributed by atoms with Gasteiger partial charge in [-0.15, -0.1) is 0 Å². The third kappa shape index (κ3) is 3.61. The minimum Gasteiger partial charge on any atom is -0.493 e. The number of halogens is 3. The number of para-hydroxylation sites is 1. The summed E-state index contributed by atoms with van der Waals surface area (Å²) in [5.74, 6) is 0.499. The Balaban J connectivity index is 2.12. The number of benzene rings is 2. The Morgan fingerprint density at radius 3 is 2.22 bits per heavy atom. The average molecular weight is 383 g/mol. The highest BCUT2D eigenvalue weighted by atomic mass is 19.4. The second-order valence-electron chi connectivity index (χ2n) is 5.77. The topological polar surface area (TPSA) is 108 Å². The third-order valence-electron chi connectivity index (χ3n) is 4.09. The minimum atomic E-state index is -4.96. The Kier molecular flexibility index (Phi) is 4.60. The molecule has 0 saturated heterocycles. The minimum absolute atomic E-state index is 0.247. The number of anilines is 1. The van der Waals surface area contributed by atoms with E-state index in [1.807, 2.05) is 0 Å². The van der Waals surface area contributed by atoms with Crippen molar-refractivity contribution in [2.24, 2.45) is 0 Å². The highest BCUT2D eigenvalue weighted by Crippen LogP contribution is 2.44. The van der Waals surface area contributed by atoms with Gasteiger partial charge >= 0.3 is 6.18 Å². The number of hydrogen-bond donors (Lipinski definition) is 1. The van der Waals surface area contributed by atoms with Crippen LogP contribution in [-0.4, -0.2) is 16.5 Å². The molecule has 1 atom stereocenters. The predicted octanol–water partition coefficient (Wildman–Crippen LogP) is 4.46. The smallest absolute Gasteiger partial charge is 0.416 e. The molecule has 3 rings (SSSR count). The molecule has 27 heavy (non-hydrogen) atoms. The molecule has 0 aromatic heterocycles. The predicted molar refractivity (Wildman–Crippen MR) is 87.7 cm³/mol. The quantitative estimate of drug-likeness (QED) is 0.617. The number of nitrogens with one attached hydrogen (secondary N) is 1. The number of nitrogens with zero attached hydrogens (tertiary/aromatic N) is 2. The Labute approximate surface area is 149 Å². The Morgan fingerprint density at radius 1 is 1.07 bits per heavy atom. The molecule has 0 aliphatic carbocycles. The summed E-state index contributed by atoms with van der Waals surface area (Å²) < 4.78 is 44.4. The maximum Gasteiger partial charge on any atom is 0.416 e. The Hall–Kier alpha value is -3.37. The van der Waals surface area contributed by atoms with Gasteiger partial charge in [-0.2, -0.15) is 13.2 Å². The maximum atomic E-state index is 13.0. The van der Waals surface area contributed by atoms with Crippen LogP contribution in [0.3, 0.4) is 0 Å². The molecule has 8 nitrogen and oxygen atoms in total. The van der Waals surface area contributed by atoms with E-state index in [-0.39, 0.29) is 6.61 Å². The van der Waals surface area contributed by atoms with E-state index in [0.29, 0.717) is 29.9 Å². The number of hydrogen-bond acceptors (Lipinski definition) is 6. The molecule has 1 heterocycles. The van der Waals surface area contributed by atoms with Crippen LogP contribution in [0.15, 0.2) is 36.4 Å². The number of fused-ring (bicyclic) bond motifs is 1. The molecule has 0 spiro atoms. The van der Waals surface area contributed by atoms with Crippen LogP contribution in [0.4, 0.5) is 30.2 Å². The zero-order valence-electron chi connectivity index (χ0n) is 13.5. The summed E-state index contributed by atoms with van der Waals surface area (Å²) in [6.07, 6.45) is -4.63. The largest absolute Gasteiger partial charge is 0.493 e. The summed E-state index contributed by atoms with van der Waals surface area (Å²) in [5.41, 5.74) is -3.45. The second kappa shape index (κ2) is 6.74. The summed E-state index contributed by atoms with van der Waals surface area (Å²) in [6, 6.07) is 6.74. The van der Waals surface area contributed by atoms with Gasteiger partial charge in [0.15, 0.2) is 5.69 Å². The lowest BCUT2D eigenvalue weighted by molar-refractivity contribution is -0.392. The summed E-state index contributed by atoms with van der Waals surface area (Å²) in [4.78, 5) is 20.5. The number of ether oxygens (including phenoxy) is 1. The van der Waals surface area contributed by atoms with Gasteiger partial charge in [0.25, 0.3) is 11.4 Å². The first kappa shape index (κ1) is 18.4. The summed E-state index contributed by atoms with van der Waals surface area (Å²) in [5, 5.41) is 25.3. The van der Waals surface area contributed by atoms with Gasteiger partial charge in [0.2, 0.25) is 0 Å². The normalized spacial score (nSPS) is 16.2. The molecule has 0 amide bonds. The average Bonchev–Trinajstić information content (AvgIpc) is 2.60. The fourth-order valence-electron chi connectivity index (χ4n) is 2.88. The van der Waals surface area contributed by atoms with E-state index >= 15 is 0 Å². The summed E-state index contributed by atoms with van der Waals surface area (Å²) in [6.45, 7) is 0.247. The first-order chi connectivity index (χ1) is 12.7. The molecule has 1 unspecified atom stereocenters. The number of rotatable bonds is 4. The van der Waals surface area contributed by atoms with Gasteiger partial charge in [0.1, 0.15) is 5.75 Å². The standard InChI is InChI=1S/C16H12F3N3O5/c17-16(18,19)9-7-12(21(23)24)15(13(8-9)22(25)26)20-11-5-6-27-14-4-2-1-3-10(11)14/h1-4,7-8,11,20H,5-6H2. The van der Waals surface area contributed by atoms with Crippen LogP contribution in [0.1, 0.15) is 23.6 Å². The lowest BCUT2D eigenvalue weighted by Gasteiger charge is -2.27. The van der Waals surface area contributed by atoms with Gasteiger partial charge in [0, 0.05) is 24.1 Å². The van der Waals surface area contributed by atoms with E-state index in [4.69, 9.17) is 4.74 Å². The van der Waals surface area contributed by atoms with Crippen molar-refractivity contribution in [2.75, 3.05) is 11.9 Å². The van der Waals surface area contributed by atoms with Crippen molar-refractivity contribution in [2.45, 2.75) is 18.6 Å². The van der Waals surface area contributed by atoms with E-state index in [0.717, 1.165) is 0 Å². The maximum absolute atomic E-state index is 13.0. The van der Waals surface area contributed by atoms with E-state index in [1.54, 1.807) is 24.3 Å². The molecule has 0 radical (unpaired) electrons. The van der Waals surface area contributed by atoms with E-state index in [2.05, 4.69) is 5.32 Å². The first-order valence-corrected chi connectivity index (χ1v) is 7.70. The highest BCUT2D eigenvalue weighted by Gasteiger charge is 2.38. The molecule has 2 aromatic carbocycles. The van der Waals surface area contributed by atoms with Crippen molar-refractivity contribution >= 4 is 17.1 Å². The molecule has 0 saturated carbocycles. The van der Waals surface area contributed by atoms with Crippen LogP contribution in [0, 0.1) is 20.2 Å². The second-order valence-corrected chi connectivity index (χ2v) is 5.77. The van der Waals surface area contributed by atoms with Gasteiger partial charge in [-0.05, 0) is 6.07 Å². The Bertz CT molecular complexity index is 881. The van der Waals surface area contributed by atoms with Crippen LogP contribution in [0.25, 0.3) is 0 Å². The van der Waals surface area contributed by atoms with Crippen LogP contribution in [0.2, 0.25) is 0 Å². The fraction of sp³-hybridized carbons (Fsp3) is 0.250. The van der Waals surface area contributed by atoms with E-state index in [1.165, 1.54) is 0 Å². The molecular weight excluding hydrogens is 371 g/mol. The number of nitro benzene ring substituents is 2. The van der Waals surface area contributed by atoms with Gasteiger partial charge in [-0.3, -0.25) is 20.2 Å². The van der Waals surface area contributed by atoms with Crippen LogP contribution >= 0.6 is 0 Å². The molecule has 1 aliphatic rings. The molecule has 0 fully saturated rings. The molecule has 1 aliphatic heterocycles. The van der Waals surface area contributed by atoms with Crippen LogP contribution in [-0.2, 0) is 6.18 Å². The van der Waals surface area contributed by atoms with Crippen molar-refractivity contribution in [1.29, 1.82) is 0 Å². The van der Waals surface area contributed by atoms with Gasteiger partial charge in [-0.1, -0.05) is 18.2 Å². The van der Waals surface area contributed by atoms with Crippen molar-refractivity contribution in [3.8, 4) is 5.75 Å². The SMILES string of the molecule is O=[N+]([O-])c1cc(C(F)(F)F)cc([N+](=O)[O-])c1NC1CCOc2ccccc21. The third-order valence-corrected chi connectivity index (χ3v) is 4.09. The first-order valence-electron chi connectivity index (χ1n) is 7.70.